The number of rotatable bonds is 5. The Morgan fingerprint density at radius 2 is 2.04 bits per heavy atom. The van der Waals surface area contributed by atoms with Gasteiger partial charge in [-0.2, -0.15) is 5.10 Å². The quantitative estimate of drug-likeness (QED) is 0.676. The van der Waals surface area contributed by atoms with Gasteiger partial charge in [0, 0.05) is 27.9 Å². The molecule has 0 radical (unpaired) electrons. The highest BCUT2D eigenvalue weighted by Crippen LogP contribution is 2.40. The van der Waals surface area contributed by atoms with Crippen LogP contribution in [0.5, 0.6) is 0 Å². The van der Waals surface area contributed by atoms with E-state index in [1.165, 1.54) is 16.2 Å². The number of nitrogens with one attached hydrogen (secondary N) is 1. The van der Waals surface area contributed by atoms with Crippen molar-refractivity contribution in [3.8, 4) is 0 Å². The lowest BCUT2D eigenvalue weighted by Gasteiger charge is -2.08. The Balaban J connectivity index is 1.64. The molecular weight excluding hydrogens is 370 g/mol. The second kappa shape index (κ2) is 7.05. The molecule has 26 heavy (non-hydrogen) atoms. The number of aromatic nitrogens is 2. The number of fused-ring (bicyclic) bond motifs is 1. The van der Waals surface area contributed by atoms with Crippen molar-refractivity contribution in [2.45, 2.75) is 25.8 Å². The first-order valence-corrected chi connectivity index (χ1v) is 9.53. The topological polar surface area (TPSA) is 64.0 Å². The number of hydrogen-bond donors (Lipinski definition) is 1. The van der Waals surface area contributed by atoms with E-state index < -0.39 is 0 Å². The molecule has 1 aromatic carbocycles. The number of carbonyl (C=O) groups is 2. The summed E-state index contributed by atoms with van der Waals surface area (Å²) in [5.74, 6) is -0.269. The van der Waals surface area contributed by atoms with Crippen molar-refractivity contribution in [1.29, 1.82) is 0 Å². The van der Waals surface area contributed by atoms with E-state index in [0.29, 0.717) is 21.2 Å². The van der Waals surface area contributed by atoms with E-state index in [2.05, 4.69) is 10.4 Å². The lowest BCUT2D eigenvalue weighted by molar-refractivity contribution is -0.116. The third-order valence-electron chi connectivity index (χ3n) is 4.37. The van der Waals surface area contributed by atoms with Crippen molar-refractivity contribution in [3.63, 3.8) is 0 Å². The molecule has 0 fully saturated rings. The standard InChI is InChI=1S/C19H16ClN3O2S/c20-13-7-5-12(6-8-13)18(25)17-14-3-1-4-15(14)26-19(17)22-16(24)11-23-10-2-9-21-23/h2,5-10H,1,3-4,11H2,(H,22,24). The molecule has 3 aromatic rings. The number of ketones is 1. The molecule has 0 saturated carbocycles. The average molecular weight is 386 g/mol. The van der Waals surface area contributed by atoms with Crippen molar-refractivity contribution in [2.75, 3.05) is 5.32 Å². The molecule has 2 heterocycles. The molecule has 1 aliphatic carbocycles. The van der Waals surface area contributed by atoms with Crippen molar-refractivity contribution < 1.29 is 9.59 Å². The van der Waals surface area contributed by atoms with Crippen LogP contribution in [0.2, 0.25) is 5.02 Å². The number of hydrogen-bond acceptors (Lipinski definition) is 4. The van der Waals surface area contributed by atoms with Crippen LogP contribution in [0.3, 0.4) is 0 Å². The zero-order chi connectivity index (χ0) is 18.1. The molecule has 5 nitrogen and oxygen atoms in total. The van der Waals surface area contributed by atoms with E-state index in [-0.39, 0.29) is 18.2 Å². The van der Waals surface area contributed by atoms with E-state index in [1.54, 1.807) is 47.4 Å². The van der Waals surface area contributed by atoms with Gasteiger partial charge in [-0.05, 0) is 55.2 Å². The Hall–Kier alpha value is -2.44. The smallest absolute Gasteiger partial charge is 0.246 e. The molecule has 0 bridgehead atoms. The minimum Gasteiger partial charge on any atom is -0.315 e. The summed E-state index contributed by atoms with van der Waals surface area (Å²) >= 11 is 7.44. The fraction of sp³-hybridized carbons (Fsp3) is 0.211. The second-order valence-electron chi connectivity index (χ2n) is 6.15. The molecule has 7 heteroatoms. The second-order valence-corrected chi connectivity index (χ2v) is 7.69. The molecule has 0 atom stereocenters. The van der Waals surface area contributed by atoms with Crippen LogP contribution in [-0.2, 0) is 24.2 Å². The predicted molar refractivity (Wildman–Crippen MR) is 102 cm³/mol. The lowest BCUT2D eigenvalue weighted by Crippen LogP contribution is -2.20. The maximum absolute atomic E-state index is 13.1. The maximum atomic E-state index is 13.1. The van der Waals surface area contributed by atoms with E-state index in [9.17, 15) is 9.59 Å². The van der Waals surface area contributed by atoms with Crippen molar-refractivity contribution in [3.05, 3.63) is 69.3 Å². The third kappa shape index (κ3) is 3.30. The summed E-state index contributed by atoms with van der Waals surface area (Å²) in [4.78, 5) is 26.7. The monoisotopic (exact) mass is 385 g/mol. The van der Waals surface area contributed by atoms with Gasteiger partial charge in [0.05, 0.1) is 5.56 Å². The van der Waals surface area contributed by atoms with Gasteiger partial charge in [0.1, 0.15) is 11.5 Å². The van der Waals surface area contributed by atoms with Crippen LogP contribution >= 0.6 is 22.9 Å². The van der Waals surface area contributed by atoms with Crippen LogP contribution < -0.4 is 5.32 Å². The van der Waals surface area contributed by atoms with Crippen molar-refractivity contribution >= 4 is 39.6 Å². The van der Waals surface area contributed by atoms with Gasteiger partial charge in [-0.1, -0.05) is 11.6 Å². The highest BCUT2D eigenvalue weighted by atomic mass is 35.5. The van der Waals surface area contributed by atoms with Gasteiger partial charge in [0.25, 0.3) is 0 Å². The minimum absolute atomic E-state index is 0.0737. The molecule has 0 spiro atoms. The van der Waals surface area contributed by atoms with Gasteiger partial charge in [-0.3, -0.25) is 14.3 Å². The largest absolute Gasteiger partial charge is 0.315 e. The molecule has 132 valence electrons. The maximum Gasteiger partial charge on any atom is 0.246 e. The Kier molecular flexibility index (Phi) is 4.61. The van der Waals surface area contributed by atoms with E-state index in [4.69, 9.17) is 11.6 Å². The molecule has 1 amide bonds. The zero-order valence-electron chi connectivity index (χ0n) is 13.9. The number of anilines is 1. The zero-order valence-corrected chi connectivity index (χ0v) is 15.4. The molecule has 1 aliphatic rings. The highest BCUT2D eigenvalue weighted by molar-refractivity contribution is 7.17. The lowest BCUT2D eigenvalue weighted by atomic mass is 10.0. The van der Waals surface area contributed by atoms with Gasteiger partial charge in [0.15, 0.2) is 5.78 Å². The first-order valence-electron chi connectivity index (χ1n) is 8.34. The highest BCUT2D eigenvalue weighted by Gasteiger charge is 2.28. The third-order valence-corrected chi connectivity index (χ3v) is 5.83. The van der Waals surface area contributed by atoms with Crippen LogP contribution in [0.4, 0.5) is 5.00 Å². The fourth-order valence-corrected chi connectivity index (χ4v) is 4.61. The summed E-state index contributed by atoms with van der Waals surface area (Å²) in [5, 5.41) is 8.17. The summed E-state index contributed by atoms with van der Waals surface area (Å²) in [6.45, 7) is 0.115. The summed E-state index contributed by atoms with van der Waals surface area (Å²) in [6, 6.07) is 8.62. The SMILES string of the molecule is O=C(Cn1cccn1)Nc1sc2c(c1C(=O)c1ccc(Cl)cc1)CCC2. The van der Waals surface area contributed by atoms with Gasteiger partial charge in [-0.15, -0.1) is 11.3 Å². The number of aryl methyl sites for hydroxylation is 1. The van der Waals surface area contributed by atoms with Gasteiger partial charge < -0.3 is 5.32 Å². The molecule has 4 rings (SSSR count). The van der Waals surface area contributed by atoms with Crippen LogP contribution in [0.15, 0.2) is 42.7 Å². The van der Waals surface area contributed by atoms with E-state index in [1.807, 2.05) is 0 Å². The van der Waals surface area contributed by atoms with Gasteiger partial charge in [0.2, 0.25) is 5.91 Å². The molecule has 0 saturated heterocycles. The summed E-state index contributed by atoms with van der Waals surface area (Å²) in [6.07, 6.45) is 6.23. The first-order chi connectivity index (χ1) is 12.6. The first kappa shape index (κ1) is 17.0. The number of amides is 1. The summed E-state index contributed by atoms with van der Waals surface area (Å²) in [7, 11) is 0. The number of thiophene rings is 1. The van der Waals surface area contributed by atoms with Crippen LogP contribution in [-0.4, -0.2) is 21.5 Å². The molecule has 1 N–H and O–H groups in total. The number of nitrogens with zero attached hydrogens (tertiary/aromatic N) is 2. The number of carbonyl (C=O) groups excluding carboxylic acids is 2. The summed E-state index contributed by atoms with van der Waals surface area (Å²) in [5.41, 5.74) is 2.27. The van der Waals surface area contributed by atoms with Crippen LogP contribution in [0, 0.1) is 0 Å². The Morgan fingerprint density at radius 1 is 1.23 bits per heavy atom. The Labute approximate surface area is 159 Å². The van der Waals surface area contributed by atoms with Crippen LogP contribution in [0.25, 0.3) is 0 Å². The normalized spacial score (nSPS) is 12.8. The van der Waals surface area contributed by atoms with E-state index >= 15 is 0 Å². The predicted octanol–water partition coefficient (Wildman–Crippen LogP) is 3.96. The Bertz CT molecular complexity index is 962. The number of benzene rings is 1. The molecule has 0 unspecified atom stereocenters. The van der Waals surface area contributed by atoms with Gasteiger partial charge >= 0.3 is 0 Å². The minimum atomic E-state index is -0.196. The number of halogens is 1. The van der Waals surface area contributed by atoms with Crippen LogP contribution in [0.1, 0.15) is 32.8 Å². The molecule has 0 aliphatic heterocycles. The molecular formula is C19H16ClN3O2S. The van der Waals surface area contributed by atoms with Crippen molar-refractivity contribution in [1.82, 2.24) is 9.78 Å². The van der Waals surface area contributed by atoms with Crippen molar-refractivity contribution in [2.24, 2.45) is 0 Å². The average Bonchev–Trinajstić information content (AvgIpc) is 3.32. The van der Waals surface area contributed by atoms with Gasteiger partial charge in [-0.25, -0.2) is 0 Å². The van der Waals surface area contributed by atoms with E-state index in [0.717, 1.165) is 24.8 Å². The Morgan fingerprint density at radius 3 is 2.77 bits per heavy atom. The summed E-state index contributed by atoms with van der Waals surface area (Å²) < 4.78 is 1.55. The molecule has 2 aromatic heterocycles. The fourth-order valence-electron chi connectivity index (χ4n) is 3.19.